The van der Waals surface area contributed by atoms with Gasteiger partial charge in [-0.05, 0) is 12.8 Å². The molecule has 0 spiro atoms. The fourth-order valence-corrected chi connectivity index (χ4v) is 2.38. The van der Waals surface area contributed by atoms with Crippen molar-refractivity contribution < 1.29 is 51.6 Å². The van der Waals surface area contributed by atoms with E-state index < -0.39 is 0 Å². The molecule has 1 aliphatic heterocycles. The van der Waals surface area contributed by atoms with Gasteiger partial charge in [-0.25, -0.2) is 14.1 Å². The maximum atomic E-state index is 11.7. The SMILES string of the molecule is C[N+]1(CCCc2[c-]cc(C=O)cc2)C(=O)CCC1=O.[Y]. The van der Waals surface area contributed by atoms with Crippen LogP contribution in [0.5, 0.6) is 0 Å². The van der Waals surface area contributed by atoms with Crippen LogP contribution in [0.4, 0.5) is 0 Å². The van der Waals surface area contributed by atoms with Crippen molar-refractivity contribution in [1.29, 1.82) is 0 Å². The number of aldehydes is 1. The number of aryl methyl sites for hydroxylation is 1. The first-order chi connectivity index (χ1) is 9.06. The first-order valence-electron chi connectivity index (χ1n) is 6.44. The summed E-state index contributed by atoms with van der Waals surface area (Å²) in [6.45, 7) is 0.543. The predicted molar refractivity (Wildman–Crippen MR) is 69.3 cm³/mol. The van der Waals surface area contributed by atoms with Crippen LogP contribution in [0.3, 0.4) is 0 Å². The number of hydrogen-bond acceptors (Lipinski definition) is 3. The summed E-state index contributed by atoms with van der Waals surface area (Å²) in [4.78, 5) is 34.0. The Morgan fingerprint density at radius 3 is 2.40 bits per heavy atom. The molecule has 5 heteroatoms. The van der Waals surface area contributed by atoms with Gasteiger partial charge in [-0.2, -0.15) is 29.8 Å². The molecule has 0 bridgehead atoms. The molecule has 4 nitrogen and oxygen atoms in total. The Morgan fingerprint density at radius 2 is 1.90 bits per heavy atom. The number of nitrogens with zero attached hydrogens (tertiary/aromatic N) is 1. The topological polar surface area (TPSA) is 51.2 Å². The van der Waals surface area contributed by atoms with Crippen LogP contribution in [0.1, 0.15) is 35.2 Å². The number of hydrogen-bond donors (Lipinski definition) is 0. The summed E-state index contributed by atoms with van der Waals surface area (Å²) >= 11 is 0. The van der Waals surface area contributed by atoms with Gasteiger partial charge < -0.3 is 4.79 Å². The van der Waals surface area contributed by atoms with Crippen molar-refractivity contribution >= 4 is 18.1 Å². The molecule has 2 rings (SSSR count). The zero-order valence-corrected chi connectivity index (χ0v) is 14.4. The summed E-state index contributed by atoms with van der Waals surface area (Å²) in [5.74, 6) is 0.0376. The second-order valence-corrected chi connectivity index (χ2v) is 5.07. The smallest absolute Gasteiger partial charge is 0.312 e. The van der Waals surface area contributed by atoms with E-state index in [-0.39, 0.29) is 49.0 Å². The van der Waals surface area contributed by atoms with Gasteiger partial charge in [0.15, 0.2) is 0 Å². The monoisotopic (exact) mass is 348 g/mol. The predicted octanol–water partition coefficient (Wildman–Crippen LogP) is 1.52. The third kappa shape index (κ3) is 3.69. The number of carbonyl (C=O) groups excluding carboxylic acids is 3. The van der Waals surface area contributed by atoms with Crippen molar-refractivity contribution in [3.05, 3.63) is 35.4 Å². The van der Waals surface area contributed by atoms with E-state index in [9.17, 15) is 14.4 Å². The van der Waals surface area contributed by atoms with Gasteiger partial charge in [-0.3, -0.25) is 0 Å². The van der Waals surface area contributed by atoms with Gasteiger partial charge in [0, 0.05) is 32.7 Å². The molecule has 1 radical (unpaired) electrons. The van der Waals surface area contributed by atoms with Crippen LogP contribution in [0.25, 0.3) is 0 Å². The van der Waals surface area contributed by atoms with E-state index in [1.54, 1.807) is 19.2 Å². The van der Waals surface area contributed by atoms with E-state index in [4.69, 9.17) is 0 Å². The molecule has 0 N–H and O–H groups in total. The molecule has 1 heterocycles. The molecule has 1 aromatic rings. The van der Waals surface area contributed by atoms with Gasteiger partial charge >= 0.3 is 11.8 Å². The molecule has 103 valence electrons. The minimum Gasteiger partial charge on any atom is -0.312 e. The quantitative estimate of drug-likeness (QED) is 0.351. The van der Waals surface area contributed by atoms with Crippen LogP contribution >= 0.6 is 0 Å². The number of quaternary nitrogens is 1. The Balaban J connectivity index is 0.00000200. The Bertz CT molecular complexity index is 494. The summed E-state index contributed by atoms with van der Waals surface area (Å²) < 4.78 is -0.0631. The fourth-order valence-electron chi connectivity index (χ4n) is 2.38. The third-order valence-electron chi connectivity index (χ3n) is 3.74. The number of carbonyl (C=O) groups is 3. The van der Waals surface area contributed by atoms with Crippen molar-refractivity contribution in [3.63, 3.8) is 0 Å². The molecule has 1 fully saturated rings. The van der Waals surface area contributed by atoms with Gasteiger partial charge in [0.1, 0.15) is 0 Å². The summed E-state index contributed by atoms with van der Waals surface area (Å²) in [5.41, 5.74) is 1.60. The fraction of sp³-hybridized carbons (Fsp3) is 0.400. The van der Waals surface area contributed by atoms with Crippen LogP contribution in [-0.2, 0) is 48.7 Å². The first-order valence-corrected chi connectivity index (χ1v) is 6.44. The molecule has 1 saturated heterocycles. The van der Waals surface area contributed by atoms with Gasteiger partial charge in [0.2, 0.25) is 0 Å². The van der Waals surface area contributed by atoms with Crippen LogP contribution < -0.4 is 0 Å². The number of likely N-dealkylation sites (tertiary alicyclic amines) is 1. The molecule has 2 amide bonds. The van der Waals surface area contributed by atoms with Crippen LogP contribution in [-0.4, -0.2) is 36.2 Å². The standard InChI is InChI=1S/C15H17NO3.Y/c1-16(14(18)8-9-15(16)19)10-2-3-12-4-6-13(11-17)7-5-12;/h4,6-7,11H,2-3,8-10H2,1H3;. The van der Waals surface area contributed by atoms with E-state index in [2.05, 4.69) is 6.07 Å². The Morgan fingerprint density at radius 1 is 1.25 bits per heavy atom. The number of rotatable bonds is 5. The summed E-state index contributed by atoms with van der Waals surface area (Å²) in [7, 11) is 1.71. The molecular weight excluding hydrogens is 331 g/mol. The molecular formula is C15H17NO3Y. The van der Waals surface area contributed by atoms with E-state index in [0.29, 0.717) is 24.9 Å². The summed E-state index contributed by atoms with van der Waals surface area (Å²) in [5, 5.41) is 0. The second kappa shape index (κ2) is 7.34. The largest absolute Gasteiger partial charge is 0.321 e. The molecule has 1 aromatic carbocycles. The molecule has 20 heavy (non-hydrogen) atoms. The average Bonchev–Trinajstić information content (AvgIpc) is 2.68. The van der Waals surface area contributed by atoms with E-state index in [1.165, 1.54) is 0 Å². The van der Waals surface area contributed by atoms with Gasteiger partial charge in [-0.15, -0.1) is 0 Å². The Kier molecular flexibility index (Phi) is 6.37. The molecule has 0 unspecified atom stereocenters. The summed E-state index contributed by atoms with van der Waals surface area (Å²) in [6.07, 6.45) is 3.04. The first kappa shape index (κ1) is 17.3. The van der Waals surface area contributed by atoms with E-state index in [0.717, 1.165) is 24.7 Å². The van der Waals surface area contributed by atoms with E-state index >= 15 is 0 Å². The Labute approximate surface area is 144 Å². The molecule has 1 aliphatic rings. The third-order valence-corrected chi connectivity index (χ3v) is 3.74. The van der Waals surface area contributed by atoms with Gasteiger partial charge in [0.05, 0.1) is 32.7 Å². The molecule has 0 aromatic heterocycles. The molecule has 0 saturated carbocycles. The van der Waals surface area contributed by atoms with Crippen molar-refractivity contribution in [3.8, 4) is 0 Å². The van der Waals surface area contributed by atoms with Crippen LogP contribution in [0, 0.1) is 6.07 Å². The molecule has 0 atom stereocenters. The number of benzene rings is 1. The summed E-state index contributed by atoms with van der Waals surface area (Å²) in [6, 6.07) is 8.31. The second-order valence-electron chi connectivity index (χ2n) is 5.07. The normalized spacial score (nSPS) is 16.9. The maximum Gasteiger partial charge on any atom is 0.321 e. The van der Waals surface area contributed by atoms with Crippen molar-refractivity contribution in [2.45, 2.75) is 25.7 Å². The van der Waals surface area contributed by atoms with Crippen molar-refractivity contribution in [2.75, 3.05) is 13.6 Å². The van der Waals surface area contributed by atoms with Gasteiger partial charge in [-0.1, -0.05) is 5.56 Å². The van der Waals surface area contributed by atoms with Crippen LogP contribution in [0.15, 0.2) is 18.2 Å². The average molecular weight is 348 g/mol. The van der Waals surface area contributed by atoms with Gasteiger partial charge in [0.25, 0.3) is 0 Å². The maximum absolute atomic E-state index is 11.7. The zero-order valence-electron chi connectivity index (χ0n) is 11.6. The Hall–Kier alpha value is -0.706. The van der Waals surface area contributed by atoms with Crippen molar-refractivity contribution in [1.82, 2.24) is 0 Å². The van der Waals surface area contributed by atoms with Crippen LogP contribution in [0.2, 0.25) is 0 Å². The number of amides is 2. The zero-order chi connectivity index (χ0) is 13.9. The molecule has 0 aliphatic carbocycles. The minimum absolute atomic E-state index is 0. The van der Waals surface area contributed by atoms with E-state index in [1.807, 2.05) is 6.07 Å². The number of imide groups is 1. The van der Waals surface area contributed by atoms with Crippen molar-refractivity contribution in [2.24, 2.45) is 0 Å². The minimum atomic E-state index is -0.0631.